The molecule has 0 aliphatic rings. The summed E-state index contributed by atoms with van der Waals surface area (Å²) in [6, 6.07) is 3.41. The fourth-order valence-electron chi connectivity index (χ4n) is 1.03. The van der Waals surface area contributed by atoms with Gasteiger partial charge in [0.2, 0.25) is 0 Å². The van der Waals surface area contributed by atoms with E-state index in [1.54, 1.807) is 0 Å². The maximum absolute atomic E-state index is 12.1. The molecular weight excluding hydrogens is 251 g/mol. The Bertz CT molecular complexity index is 514. The minimum atomic E-state index is -4.85. The van der Waals surface area contributed by atoms with Crippen LogP contribution >= 0.6 is 0 Å². The fourth-order valence-corrected chi connectivity index (χ4v) is 1.03. The van der Waals surface area contributed by atoms with Crippen molar-refractivity contribution in [3.05, 3.63) is 23.8 Å². The number of alkyl halides is 3. The summed E-state index contributed by atoms with van der Waals surface area (Å²) in [5.74, 6) is 2.77. The van der Waals surface area contributed by atoms with Crippen molar-refractivity contribution >= 4 is 11.7 Å². The molecular formula is C11H8F3NO3. The van der Waals surface area contributed by atoms with E-state index >= 15 is 0 Å². The van der Waals surface area contributed by atoms with E-state index in [0.717, 1.165) is 19.2 Å². The van der Waals surface area contributed by atoms with E-state index in [2.05, 4.69) is 15.4 Å². The molecule has 1 aromatic carbocycles. The molecule has 2 N–H and O–H groups in total. The van der Waals surface area contributed by atoms with Gasteiger partial charge < -0.3 is 15.2 Å². The highest BCUT2D eigenvalue weighted by Crippen LogP contribution is 2.27. The lowest BCUT2D eigenvalue weighted by atomic mass is 10.2. The Morgan fingerprint density at radius 2 is 2.06 bits per heavy atom. The topological polar surface area (TPSA) is 61.5 Å². The summed E-state index contributed by atoms with van der Waals surface area (Å²) < 4.78 is 44.3. The monoisotopic (exact) mass is 259 g/mol. The van der Waals surface area contributed by atoms with Crippen LogP contribution in [0.5, 0.6) is 5.75 Å². The number of halogens is 3. The van der Waals surface area contributed by atoms with Crippen molar-refractivity contribution in [2.75, 3.05) is 12.8 Å². The van der Waals surface area contributed by atoms with Gasteiger partial charge in [0, 0.05) is 11.6 Å². The van der Waals surface area contributed by atoms with Crippen molar-refractivity contribution in [2.45, 2.75) is 6.36 Å². The molecule has 0 bridgehead atoms. The van der Waals surface area contributed by atoms with Crippen LogP contribution < -0.4 is 10.5 Å². The van der Waals surface area contributed by atoms with E-state index in [1.807, 2.05) is 5.92 Å². The van der Waals surface area contributed by atoms with Gasteiger partial charge in [-0.05, 0) is 18.2 Å². The van der Waals surface area contributed by atoms with Gasteiger partial charge in [-0.25, -0.2) is 4.79 Å². The summed E-state index contributed by atoms with van der Waals surface area (Å²) in [7, 11) is 1.10. The van der Waals surface area contributed by atoms with Crippen molar-refractivity contribution in [1.29, 1.82) is 0 Å². The number of hydrogen-bond acceptors (Lipinski definition) is 4. The van der Waals surface area contributed by atoms with Gasteiger partial charge in [-0.2, -0.15) is 0 Å². The van der Waals surface area contributed by atoms with Crippen LogP contribution in [-0.4, -0.2) is 19.4 Å². The lowest BCUT2D eigenvalue weighted by Crippen LogP contribution is -2.17. The van der Waals surface area contributed by atoms with Gasteiger partial charge >= 0.3 is 12.3 Å². The predicted molar refractivity (Wildman–Crippen MR) is 56.4 cm³/mol. The molecule has 0 saturated heterocycles. The summed E-state index contributed by atoms with van der Waals surface area (Å²) in [6.45, 7) is 0. The molecule has 1 rings (SSSR count). The number of benzene rings is 1. The van der Waals surface area contributed by atoms with E-state index in [0.29, 0.717) is 0 Å². The minimum Gasteiger partial charge on any atom is -0.459 e. The van der Waals surface area contributed by atoms with E-state index in [-0.39, 0.29) is 11.3 Å². The molecule has 0 aliphatic heterocycles. The Morgan fingerprint density at radius 1 is 1.39 bits per heavy atom. The average molecular weight is 259 g/mol. The number of carbonyl (C=O) groups excluding carboxylic acids is 1. The number of anilines is 1. The molecule has 18 heavy (non-hydrogen) atoms. The van der Waals surface area contributed by atoms with Crippen LogP contribution in [0.25, 0.3) is 0 Å². The first-order valence-corrected chi connectivity index (χ1v) is 4.57. The molecule has 0 unspecified atom stereocenters. The number of ether oxygens (including phenoxy) is 2. The summed E-state index contributed by atoms with van der Waals surface area (Å²) in [6.07, 6.45) is -4.85. The molecule has 0 aliphatic carbocycles. The van der Waals surface area contributed by atoms with E-state index in [4.69, 9.17) is 5.73 Å². The van der Waals surface area contributed by atoms with Gasteiger partial charge in [-0.3, -0.25) is 0 Å². The van der Waals surface area contributed by atoms with Crippen LogP contribution in [0, 0.1) is 11.8 Å². The molecule has 96 valence electrons. The van der Waals surface area contributed by atoms with Crippen molar-refractivity contribution in [3.63, 3.8) is 0 Å². The molecule has 0 fully saturated rings. The molecule has 0 radical (unpaired) electrons. The first-order chi connectivity index (χ1) is 8.31. The average Bonchev–Trinajstić information content (AvgIpc) is 2.27. The van der Waals surface area contributed by atoms with Gasteiger partial charge in [0.05, 0.1) is 12.7 Å². The minimum absolute atomic E-state index is 0.155. The van der Waals surface area contributed by atoms with E-state index < -0.39 is 18.1 Å². The SMILES string of the molecule is COC(=O)C#Cc1cc(N)ccc1OC(F)(F)F. The highest BCUT2D eigenvalue weighted by atomic mass is 19.4. The number of nitrogens with two attached hydrogens (primary N) is 1. The highest BCUT2D eigenvalue weighted by molar-refractivity contribution is 5.89. The second-order valence-corrected chi connectivity index (χ2v) is 3.04. The smallest absolute Gasteiger partial charge is 0.459 e. The standard InChI is InChI=1S/C11H8F3NO3/c1-17-10(16)5-2-7-6-8(15)3-4-9(7)18-11(12,13)14/h3-4,6H,15H2,1H3. The third-order valence-corrected chi connectivity index (χ3v) is 1.71. The number of esters is 1. The number of hydrogen-bond donors (Lipinski definition) is 1. The van der Waals surface area contributed by atoms with Crippen LogP contribution in [0.2, 0.25) is 0 Å². The lowest BCUT2D eigenvalue weighted by Gasteiger charge is -2.10. The zero-order chi connectivity index (χ0) is 13.8. The van der Waals surface area contributed by atoms with Crippen molar-refractivity contribution in [1.82, 2.24) is 0 Å². The molecule has 0 saturated carbocycles. The van der Waals surface area contributed by atoms with E-state index in [9.17, 15) is 18.0 Å². The molecule has 0 atom stereocenters. The molecule has 7 heteroatoms. The van der Waals surface area contributed by atoms with Crippen LogP contribution in [0.1, 0.15) is 5.56 Å². The van der Waals surface area contributed by atoms with Gasteiger partial charge in [-0.1, -0.05) is 5.92 Å². The number of methoxy groups -OCH3 is 1. The second-order valence-electron chi connectivity index (χ2n) is 3.04. The number of nitrogen functional groups attached to an aromatic ring is 1. The quantitative estimate of drug-likeness (QED) is 0.473. The normalized spacial score (nSPS) is 10.2. The molecule has 0 heterocycles. The Labute approximate surface area is 100 Å². The summed E-state index contributed by atoms with van der Waals surface area (Å²) in [5, 5.41) is 0. The third-order valence-electron chi connectivity index (χ3n) is 1.71. The van der Waals surface area contributed by atoms with Crippen LogP contribution in [0.15, 0.2) is 18.2 Å². The summed E-state index contributed by atoms with van der Waals surface area (Å²) in [4.78, 5) is 10.8. The lowest BCUT2D eigenvalue weighted by molar-refractivity contribution is -0.274. The third kappa shape index (κ3) is 4.25. The van der Waals surface area contributed by atoms with Crippen molar-refractivity contribution < 1.29 is 27.4 Å². The Kier molecular flexibility index (Phi) is 4.05. The first-order valence-electron chi connectivity index (χ1n) is 4.57. The van der Waals surface area contributed by atoms with Crippen molar-refractivity contribution in [2.24, 2.45) is 0 Å². The van der Waals surface area contributed by atoms with Gasteiger partial charge in [0.15, 0.2) is 0 Å². The van der Waals surface area contributed by atoms with Crippen LogP contribution in [-0.2, 0) is 9.53 Å². The van der Waals surface area contributed by atoms with Crippen LogP contribution in [0.4, 0.5) is 18.9 Å². The van der Waals surface area contributed by atoms with Gasteiger partial charge in [0.1, 0.15) is 5.75 Å². The van der Waals surface area contributed by atoms with Gasteiger partial charge in [0.25, 0.3) is 0 Å². The Balaban J connectivity index is 3.10. The fraction of sp³-hybridized carbons (Fsp3) is 0.182. The maximum atomic E-state index is 12.1. The van der Waals surface area contributed by atoms with E-state index in [1.165, 1.54) is 6.07 Å². The number of rotatable bonds is 1. The molecule has 0 spiro atoms. The van der Waals surface area contributed by atoms with Crippen LogP contribution in [0.3, 0.4) is 0 Å². The molecule has 1 aromatic rings. The predicted octanol–water partition coefficient (Wildman–Crippen LogP) is 1.69. The summed E-state index contributed by atoms with van der Waals surface area (Å²) in [5.41, 5.74) is 5.45. The van der Waals surface area contributed by atoms with Gasteiger partial charge in [-0.15, -0.1) is 13.2 Å². The first kappa shape index (κ1) is 13.7. The second kappa shape index (κ2) is 5.31. The Morgan fingerprint density at radius 3 is 2.61 bits per heavy atom. The number of carbonyl (C=O) groups is 1. The largest absolute Gasteiger partial charge is 0.573 e. The molecule has 0 aromatic heterocycles. The maximum Gasteiger partial charge on any atom is 0.573 e. The summed E-state index contributed by atoms with van der Waals surface area (Å²) >= 11 is 0. The Hall–Kier alpha value is -2.36. The molecule has 0 amide bonds. The zero-order valence-corrected chi connectivity index (χ0v) is 9.17. The molecule has 4 nitrogen and oxygen atoms in total. The highest BCUT2D eigenvalue weighted by Gasteiger charge is 2.32. The zero-order valence-electron chi connectivity index (χ0n) is 9.17. The van der Waals surface area contributed by atoms with Crippen molar-refractivity contribution in [3.8, 4) is 17.6 Å².